The minimum atomic E-state index is -0.679. The quantitative estimate of drug-likeness (QED) is 0.830. The van der Waals surface area contributed by atoms with E-state index in [2.05, 4.69) is 6.92 Å². The Balaban J connectivity index is 0.00000243. The van der Waals surface area contributed by atoms with Crippen LogP contribution >= 0.6 is 24.0 Å². The van der Waals surface area contributed by atoms with Crippen LogP contribution in [0.15, 0.2) is 54.6 Å². The topological polar surface area (TPSA) is 55.6 Å². The summed E-state index contributed by atoms with van der Waals surface area (Å²) < 4.78 is 6.07. The number of rotatable bonds is 5. The van der Waals surface area contributed by atoms with E-state index in [0.717, 1.165) is 12.0 Å². The largest absolute Gasteiger partial charge is 0.476 e. The summed E-state index contributed by atoms with van der Waals surface area (Å²) in [6, 6.07) is 16.8. The summed E-state index contributed by atoms with van der Waals surface area (Å²) in [6.45, 7) is 3.35. The highest BCUT2D eigenvalue weighted by molar-refractivity contribution is 6.30. The van der Waals surface area contributed by atoms with E-state index in [9.17, 15) is 4.79 Å². The second kappa shape index (κ2) is 9.26. The highest BCUT2D eigenvalue weighted by Gasteiger charge is 2.36. The van der Waals surface area contributed by atoms with Gasteiger partial charge in [0.25, 0.3) is 5.91 Å². The fourth-order valence-corrected chi connectivity index (χ4v) is 3.43. The van der Waals surface area contributed by atoms with Gasteiger partial charge in [-0.1, -0.05) is 41.9 Å². The molecule has 0 saturated carbocycles. The smallest absolute Gasteiger partial charge is 0.268 e. The molecule has 0 radical (unpaired) electrons. The summed E-state index contributed by atoms with van der Waals surface area (Å²) in [5.41, 5.74) is 6.64. The van der Waals surface area contributed by atoms with Crippen LogP contribution < -0.4 is 10.5 Å². The Morgan fingerprint density at radius 2 is 1.88 bits per heavy atom. The molecule has 0 aromatic heterocycles. The molecule has 0 spiro atoms. The second-order valence-corrected chi connectivity index (χ2v) is 6.98. The molecule has 1 aliphatic rings. The number of nitrogens with zero attached hydrogens (tertiary/aromatic N) is 1. The average Bonchev–Trinajstić information content (AvgIpc) is 3.02. The summed E-state index contributed by atoms with van der Waals surface area (Å²) >= 11 is 5.94. The first-order chi connectivity index (χ1) is 12.1. The lowest BCUT2D eigenvalue weighted by molar-refractivity contribution is -0.139. The van der Waals surface area contributed by atoms with Gasteiger partial charge in [0.05, 0.1) is 0 Å². The molecule has 3 rings (SSSR count). The summed E-state index contributed by atoms with van der Waals surface area (Å²) in [5.74, 6) is 0.948. The van der Waals surface area contributed by atoms with Gasteiger partial charge in [0.15, 0.2) is 0 Å². The normalized spacial score (nSPS) is 20.3. The maximum atomic E-state index is 13.2. The van der Waals surface area contributed by atoms with E-state index in [1.54, 1.807) is 24.3 Å². The van der Waals surface area contributed by atoms with Crippen LogP contribution in [0.1, 0.15) is 25.0 Å². The molecular weight excluding hydrogens is 371 g/mol. The highest BCUT2D eigenvalue weighted by Crippen LogP contribution is 2.30. The van der Waals surface area contributed by atoms with Gasteiger partial charge in [0.1, 0.15) is 5.75 Å². The molecule has 3 atom stereocenters. The molecule has 6 heteroatoms. The maximum Gasteiger partial charge on any atom is 0.268 e. The van der Waals surface area contributed by atoms with Crippen LogP contribution in [0.3, 0.4) is 0 Å². The number of benzene rings is 2. The van der Waals surface area contributed by atoms with Crippen molar-refractivity contribution in [3.63, 3.8) is 0 Å². The number of ether oxygens (including phenoxy) is 1. The van der Waals surface area contributed by atoms with Crippen molar-refractivity contribution in [2.24, 2.45) is 11.7 Å². The Morgan fingerprint density at radius 3 is 2.46 bits per heavy atom. The Kier molecular flexibility index (Phi) is 7.33. The Hall–Kier alpha value is -1.75. The lowest BCUT2D eigenvalue weighted by atomic mass is 10.1. The molecule has 2 aromatic carbocycles. The average molecular weight is 395 g/mol. The SMILES string of the molecule is CC1CC(CN)CN1C(=O)C(Oc1ccc(Cl)cc1)c1ccccc1.Cl. The minimum absolute atomic E-state index is 0. The number of halogens is 2. The van der Waals surface area contributed by atoms with Crippen molar-refractivity contribution >= 4 is 29.9 Å². The molecule has 140 valence electrons. The van der Waals surface area contributed by atoms with E-state index in [4.69, 9.17) is 22.1 Å². The van der Waals surface area contributed by atoms with Crippen molar-refractivity contribution in [1.29, 1.82) is 0 Å². The maximum absolute atomic E-state index is 13.2. The van der Waals surface area contributed by atoms with Crippen molar-refractivity contribution in [3.8, 4) is 5.75 Å². The zero-order chi connectivity index (χ0) is 17.8. The summed E-state index contributed by atoms with van der Waals surface area (Å²) in [5, 5.41) is 0.633. The zero-order valence-electron chi connectivity index (χ0n) is 14.7. The van der Waals surface area contributed by atoms with Crippen LogP contribution in [0.4, 0.5) is 0 Å². The summed E-state index contributed by atoms with van der Waals surface area (Å²) in [6.07, 6.45) is 0.256. The molecule has 26 heavy (non-hydrogen) atoms. The molecule has 0 aliphatic carbocycles. The number of carbonyl (C=O) groups excluding carboxylic acids is 1. The zero-order valence-corrected chi connectivity index (χ0v) is 16.2. The van der Waals surface area contributed by atoms with Gasteiger partial charge in [0.2, 0.25) is 6.10 Å². The van der Waals surface area contributed by atoms with Gasteiger partial charge >= 0.3 is 0 Å². The van der Waals surface area contributed by atoms with Gasteiger partial charge in [-0.3, -0.25) is 4.79 Å². The Bertz CT molecular complexity index is 710. The molecule has 0 bridgehead atoms. The van der Waals surface area contributed by atoms with E-state index in [1.807, 2.05) is 35.2 Å². The van der Waals surface area contributed by atoms with Gasteiger partial charge < -0.3 is 15.4 Å². The molecule has 2 N–H and O–H groups in total. The standard InChI is InChI=1S/C20H23ClN2O2.ClH/c1-14-11-15(12-22)13-23(14)20(24)19(16-5-3-2-4-6-16)25-18-9-7-17(21)8-10-18;/h2-10,14-15,19H,11-13,22H2,1H3;1H. The van der Waals surface area contributed by atoms with Gasteiger partial charge in [-0.05, 0) is 50.1 Å². The van der Waals surface area contributed by atoms with Crippen molar-refractivity contribution in [2.75, 3.05) is 13.1 Å². The van der Waals surface area contributed by atoms with Crippen LogP contribution in [-0.2, 0) is 4.79 Å². The minimum Gasteiger partial charge on any atom is -0.476 e. The van der Waals surface area contributed by atoms with Gasteiger partial charge in [-0.15, -0.1) is 12.4 Å². The van der Waals surface area contributed by atoms with Crippen molar-refractivity contribution in [1.82, 2.24) is 4.90 Å². The lowest BCUT2D eigenvalue weighted by Crippen LogP contribution is -2.39. The first-order valence-corrected chi connectivity index (χ1v) is 8.94. The predicted molar refractivity (Wildman–Crippen MR) is 107 cm³/mol. The summed E-state index contributed by atoms with van der Waals surface area (Å²) in [4.78, 5) is 15.1. The first kappa shape index (κ1) is 20.6. The van der Waals surface area contributed by atoms with Gasteiger partial charge in [-0.25, -0.2) is 0 Å². The van der Waals surface area contributed by atoms with Crippen molar-refractivity contribution in [3.05, 3.63) is 65.2 Å². The Morgan fingerprint density at radius 1 is 1.23 bits per heavy atom. The fourth-order valence-electron chi connectivity index (χ4n) is 3.31. The number of likely N-dealkylation sites (tertiary alicyclic amines) is 1. The molecular formula is C20H24Cl2N2O2. The number of hydrogen-bond donors (Lipinski definition) is 1. The van der Waals surface area contributed by atoms with Crippen molar-refractivity contribution < 1.29 is 9.53 Å². The summed E-state index contributed by atoms with van der Waals surface area (Å²) in [7, 11) is 0. The number of hydrogen-bond acceptors (Lipinski definition) is 3. The Labute approximate surface area is 165 Å². The molecule has 1 aliphatic heterocycles. The number of nitrogens with two attached hydrogens (primary N) is 1. The highest BCUT2D eigenvalue weighted by atomic mass is 35.5. The van der Waals surface area contributed by atoms with E-state index in [-0.39, 0.29) is 24.4 Å². The molecule has 1 heterocycles. The van der Waals surface area contributed by atoms with Gasteiger partial charge in [0, 0.05) is 23.2 Å². The molecule has 1 fully saturated rings. The number of amides is 1. The molecule has 4 nitrogen and oxygen atoms in total. The van der Waals surface area contributed by atoms with Crippen LogP contribution in [0.5, 0.6) is 5.75 Å². The van der Waals surface area contributed by atoms with E-state index < -0.39 is 6.10 Å². The predicted octanol–water partition coefficient (Wildman–Crippen LogP) is 4.08. The third-order valence-corrected chi connectivity index (χ3v) is 4.92. The van der Waals surface area contributed by atoms with Crippen molar-refractivity contribution in [2.45, 2.75) is 25.5 Å². The second-order valence-electron chi connectivity index (χ2n) is 6.54. The molecule has 3 unspecified atom stereocenters. The number of carbonyl (C=O) groups is 1. The third kappa shape index (κ3) is 4.70. The molecule has 1 saturated heterocycles. The van der Waals surface area contributed by atoms with Crippen LogP contribution in [0, 0.1) is 5.92 Å². The first-order valence-electron chi connectivity index (χ1n) is 8.56. The third-order valence-electron chi connectivity index (χ3n) is 4.67. The molecule has 1 amide bonds. The van der Waals surface area contributed by atoms with E-state index in [0.29, 0.717) is 29.8 Å². The van der Waals surface area contributed by atoms with Gasteiger partial charge in [-0.2, -0.15) is 0 Å². The van der Waals surface area contributed by atoms with E-state index in [1.165, 1.54) is 0 Å². The van der Waals surface area contributed by atoms with Crippen LogP contribution in [0.2, 0.25) is 5.02 Å². The lowest BCUT2D eigenvalue weighted by Gasteiger charge is -2.27. The monoisotopic (exact) mass is 394 g/mol. The molecule has 2 aromatic rings. The van der Waals surface area contributed by atoms with Crippen LogP contribution in [0.25, 0.3) is 0 Å². The van der Waals surface area contributed by atoms with E-state index >= 15 is 0 Å². The van der Waals surface area contributed by atoms with Crippen LogP contribution in [-0.4, -0.2) is 29.9 Å². The fraction of sp³-hybridized carbons (Fsp3) is 0.350.